The second-order valence-electron chi connectivity index (χ2n) is 4.61. The van der Waals surface area contributed by atoms with E-state index in [1.54, 1.807) is 12.1 Å². The van der Waals surface area contributed by atoms with E-state index in [1.165, 1.54) is 13.2 Å². The fourth-order valence-corrected chi connectivity index (χ4v) is 2.16. The summed E-state index contributed by atoms with van der Waals surface area (Å²) in [6.07, 6.45) is 0.684. The van der Waals surface area contributed by atoms with Crippen molar-refractivity contribution in [3.8, 4) is 5.75 Å². The lowest BCUT2D eigenvalue weighted by Crippen LogP contribution is -2.29. The molecule has 0 heterocycles. The summed E-state index contributed by atoms with van der Waals surface area (Å²) in [6.45, 7) is 6.08. The molecule has 1 aromatic carbocycles. The smallest absolute Gasteiger partial charge is 0.338 e. The number of ether oxygens (including phenoxy) is 1. The van der Waals surface area contributed by atoms with Crippen LogP contribution in [0.3, 0.4) is 0 Å². The highest BCUT2D eigenvalue weighted by Crippen LogP contribution is 2.20. The molecule has 0 radical (unpaired) electrons. The number of hydrogen-bond donors (Lipinski definition) is 0. The van der Waals surface area contributed by atoms with Crippen molar-refractivity contribution in [2.75, 3.05) is 7.11 Å². The Bertz CT molecular complexity index is 435. The fraction of sp³-hybridized carbons (Fsp3) is 0.333. The predicted molar refractivity (Wildman–Crippen MR) is 67.1 cm³/mol. The van der Waals surface area contributed by atoms with Crippen LogP contribution in [0.1, 0.15) is 20.7 Å². The van der Waals surface area contributed by atoms with Crippen molar-refractivity contribution in [2.45, 2.75) is 19.6 Å². The van der Waals surface area contributed by atoms with Crippen LogP contribution < -0.4 is 4.43 Å². The first-order valence-corrected chi connectivity index (χ1v) is 8.64. The first kappa shape index (κ1) is 13.4. The molecule has 0 aliphatic rings. The summed E-state index contributed by atoms with van der Waals surface area (Å²) >= 11 is 0. The number of hydrogen-bond acceptors (Lipinski definition) is 4. The van der Waals surface area contributed by atoms with Crippen molar-refractivity contribution in [3.63, 3.8) is 0 Å². The molecular formula is C12H16O4Si. The molecule has 0 fully saturated rings. The Hall–Kier alpha value is -1.62. The minimum absolute atomic E-state index is 0.324. The average Bonchev–Trinajstić information content (AvgIpc) is 2.25. The summed E-state index contributed by atoms with van der Waals surface area (Å²) in [5.74, 6) is 0.0586. The molecular weight excluding hydrogens is 236 g/mol. The Labute approximate surface area is 102 Å². The SMILES string of the molecule is COC(=O)c1cc(C=O)cc(O[Si](C)(C)C)c1. The number of methoxy groups -OCH3 is 1. The summed E-state index contributed by atoms with van der Waals surface area (Å²) in [7, 11) is -0.469. The Balaban J connectivity index is 3.14. The van der Waals surface area contributed by atoms with Gasteiger partial charge >= 0.3 is 5.97 Å². The number of carbonyl (C=O) groups is 2. The van der Waals surface area contributed by atoms with Gasteiger partial charge in [0.1, 0.15) is 12.0 Å². The summed E-state index contributed by atoms with van der Waals surface area (Å²) in [5.41, 5.74) is 0.728. The third-order valence-corrected chi connectivity index (χ3v) is 2.76. The minimum atomic E-state index is -1.77. The van der Waals surface area contributed by atoms with Crippen molar-refractivity contribution in [3.05, 3.63) is 29.3 Å². The molecule has 0 atom stereocenters. The highest BCUT2D eigenvalue weighted by Gasteiger charge is 2.18. The van der Waals surface area contributed by atoms with Crippen molar-refractivity contribution in [1.82, 2.24) is 0 Å². The van der Waals surface area contributed by atoms with Gasteiger partial charge in [0.25, 0.3) is 0 Å². The molecule has 0 saturated heterocycles. The van der Waals surface area contributed by atoms with Gasteiger partial charge in [0.05, 0.1) is 12.7 Å². The van der Waals surface area contributed by atoms with Gasteiger partial charge in [-0.1, -0.05) is 0 Å². The van der Waals surface area contributed by atoms with E-state index in [-0.39, 0.29) is 0 Å². The molecule has 0 amide bonds. The van der Waals surface area contributed by atoms with E-state index in [4.69, 9.17) is 4.43 Å². The van der Waals surface area contributed by atoms with Gasteiger partial charge < -0.3 is 9.16 Å². The monoisotopic (exact) mass is 252 g/mol. The highest BCUT2D eigenvalue weighted by atomic mass is 28.4. The number of rotatable bonds is 4. The van der Waals surface area contributed by atoms with E-state index in [0.717, 1.165) is 0 Å². The van der Waals surface area contributed by atoms with Crippen molar-refractivity contribution >= 4 is 20.6 Å². The second kappa shape index (κ2) is 5.14. The average molecular weight is 252 g/mol. The van der Waals surface area contributed by atoms with E-state index >= 15 is 0 Å². The molecule has 0 bridgehead atoms. The predicted octanol–water partition coefficient (Wildman–Crippen LogP) is 2.50. The lowest BCUT2D eigenvalue weighted by molar-refractivity contribution is 0.0600. The van der Waals surface area contributed by atoms with Crippen LogP contribution in [0, 0.1) is 0 Å². The maximum Gasteiger partial charge on any atom is 0.338 e. The molecule has 0 unspecified atom stereocenters. The first-order chi connectivity index (χ1) is 7.85. The third kappa shape index (κ3) is 4.03. The molecule has 0 aliphatic carbocycles. The van der Waals surface area contributed by atoms with Gasteiger partial charge in [0.15, 0.2) is 0 Å². The van der Waals surface area contributed by atoms with Gasteiger partial charge in [-0.15, -0.1) is 0 Å². The lowest BCUT2D eigenvalue weighted by Gasteiger charge is -2.19. The first-order valence-electron chi connectivity index (χ1n) is 5.23. The van der Waals surface area contributed by atoms with Crippen LogP contribution in [0.25, 0.3) is 0 Å². The van der Waals surface area contributed by atoms with Crippen molar-refractivity contribution < 1.29 is 18.8 Å². The molecule has 1 rings (SSSR count). The molecule has 92 valence electrons. The van der Waals surface area contributed by atoms with E-state index < -0.39 is 14.3 Å². The van der Waals surface area contributed by atoms with Gasteiger partial charge in [0, 0.05) is 5.56 Å². The number of aldehydes is 1. The maximum absolute atomic E-state index is 11.4. The normalized spacial score (nSPS) is 10.8. The standard InChI is InChI=1S/C12H16O4Si/c1-15-12(14)10-5-9(8-13)6-11(7-10)16-17(2,3)4/h5-8H,1-4H3. The molecule has 0 saturated carbocycles. The number of esters is 1. The minimum Gasteiger partial charge on any atom is -0.544 e. The van der Waals surface area contributed by atoms with E-state index in [1.807, 2.05) is 19.6 Å². The van der Waals surface area contributed by atoms with Crippen molar-refractivity contribution in [2.24, 2.45) is 0 Å². The molecule has 5 heteroatoms. The molecule has 0 spiro atoms. The van der Waals surface area contributed by atoms with Crippen LogP contribution in [0.15, 0.2) is 18.2 Å². The number of benzene rings is 1. The van der Waals surface area contributed by atoms with Crippen molar-refractivity contribution in [1.29, 1.82) is 0 Å². The van der Waals surface area contributed by atoms with Gasteiger partial charge in [0.2, 0.25) is 8.32 Å². The van der Waals surface area contributed by atoms with Crippen LogP contribution in [0.4, 0.5) is 0 Å². The van der Waals surface area contributed by atoms with Gasteiger partial charge in [-0.3, -0.25) is 4.79 Å². The molecule has 0 aliphatic heterocycles. The Kier molecular flexibility index (Phi) is 4.06. The molecule has 4 nitrogen and oxygen atoms in total. The van der Waals surface area contributed by atoms with E-state index in [9.17, 15) is 9.59 Å². The molecule has 17 heavy (non-hydrogen) atoms. The Morgan fingerprint density at radius 3 is 2.35 bits per heavy atom. The second-order valence-corrected chi connectivity index (χ2v) is 9.04. The Morgan fingerprint density at radius 2 is 1.88 bits per heavy atom. The third-order valence-electron chi connectivity index (χ3n) is 1.91. The van der Waals surface area contributed by atoms with Crippen LogP contribution in [-0.4, -0.2) is 27.7 Å². The maximum atomic E-state index is 11.4. The summed E-state index contributed by atoms with van der Waals surface area (Å²) in [4.78, 5) is 22.2. The zero-order chi connectivity index (χ0) is 13.1. The largest absolute Gasteiger partial charge is 0.544 e. The number of carbonyl (C=O) groups excluding carboxylic acids is 2. The molecule has 0 aromatic heterocycles. The topological polar surface area (TPSA) is 52.6 Å². The quantitative estimate of drug-likeness (QED) is 0.469. The van der Waals surface area contributed by atoms with Gasteiger partial charge in [-0.05, 0) is 37.8 Å². The van der Waals surface area contributed by atoms with Crippen LogP contribution in [0.5, 0.6) is 5.75 Å². The lowest BCUT2D eigenvalue weighted by atomic mass is 10.1. The molecule has 0 N–H and O–H groups in total. The zero-order valence-corrected chi connectivity index (χ0v) is 11.4. The summed E-state index contributed by atoms with van der Waals surface area (Å²) in [6, 6.07) is 4.70. The van der Waals surface area contributed by atoms with E-state index in [2.05, 4.69) is 4.74 Å². The summed E-state index contributed by atoms with van der Waals surface area (Å²) in [5, 5.41) is 0. The van der Waals surface area contributed by atoms with Gasteiger partial charge in [-0.2, -0.15) is 0 Å². The van der Waals surface area contributed by atoms with Crippen LogP contribution in [0.2, 0.25) is 19.6 Å². The fourth-order valence-electron chi connectivity index (χ4n) is 1.34. The zero-order valence-electron chi connectivity index (χ0n) is 10.4. The Morgan fingerprint density at radius 1 is 1.24 bits per heavy atom. The van der Waals surface area contributed by atoms with Crippen LogP contribution in [-0.2, 0) is 4.74 Å². The van der Waals surface area contributed by atoms with E-state index in [0.29, 0.717) is 23.2 Å². The highest BCUT2D eigenvalue weighted by molar-refractivity contribution is 6.70. The van der Waals surface area contributed by atoms with Crippen LogP contribution >= 0.6 is 0 Å². The summed E-state index contributed by atoms with van der Waals surface area (Å²) < 4.78 is 10.4. The van der Waals surface area contributed by atoms with Gasteiger partial charge in [-0.25, -0.2) is 4.79 Å². The molecule has 1 aromatic rings.